The summed E-state index contributed by atoms with van der Waals surface area (Å²) in [6.45, 7) is 7.95. The number of aliphatic hydroxyl groups is 1. The van der Waals surface area contributed by atoms with Crippen molar-refractivity contribution in [1.29, 1.82) is 0 Å². The highest BCUT2D eigenvalue weighted by Gasteiger charge is 2.23. The van der Waals surface area contributed by atoms with Crippen LogP contribution in [0, 0.1) is 13.8 Å². The first kappa shape index (κ1) is 17.9. The molecule has 1 fully saturated rings. The molecule has 2 aromatic rings. The minimum absolute atomic E-state index is 0.0949. The van der Waals surface area contributed by atoms with Crippen molar-refractivity contribution in [2.75, 3.05) is 32.8 Å². The highest BCUT2D eigenvalue weighted by Crippen LogP contribution is 2.16. The monoisotopic (exact) mass is 345 g/mol. The van der Waals surface area contributed by atoms with Crippen LogP contribution in [0.4, 0.5) is 0 Å². The molecule has 1 aliphatic heterocycles. The number of morpholine rings is 1. The number of hydrogen-bond acceptors (Lipinski definition) is 5. The van der Waals surface area contributed by atoms with E-state index < -0.39 is 6.10 Å². The molecule has 2 unspecified atom stereocenters. The standard InChI is InChI=1S/C19H27N3O3/c1-15-9-20-22(10-15)13-18-12-21(7-8-24-18)11-17(23)14-25-19-6-4-3-5-16(19)2/h3-6,9-10,17-18,23H,7-8,11-14H2,1-2H3. The zero-order valence-electron chi connectivity index (χ0n) is 15.0. The molecule has 0 aliphatic carbocycles. The summed E-state index contributed by atoms with van der Waals surface area (Å²) in [5.74, 6) is 0.829. The summed E-state index contributed by atoms with van der Waals surface area (Å²) in [6, 6.07) is 7.86. The maximum absolute atomic E-state index is 10.3. The SMILES string of the molecule is Cc1cnn(CC2CN(CC(O)COc3ccccc3C)CCO2)c1. The molecular formula is C19H27N3O3. The van der Waals surface area contributed by atoms with Crippen LogP contribution in [0.15, 0.2) is 36.7 Å². The molecule has 1 aliphatic rings. The lowest BCUT2D eigenvalue weighted by atomic mass is 10.2. The van der Waals surface area contributed by atoms with Gasteiger partial charge in [-0.05, 0) is 31.0 Å². The van der Waals surface area contributed by atoms with Crippen molar-refractivity contribution in [2.45, 2.75) is 32.6 Å². The molecule has 1 saturated heterocycles. The van der Waals surface area contributed by atoms with Crippen molar-refractivity contribution in [2.24, 2.45) is 0 Å². The molecule has 0 saturated carbocycles. The van der Waals surface area contributed by atoms with Crippen LogP contribution in [0.5, 0.6) is 5.75 Å². The van der Waals surface area contributed by atoms with Gasteiger partial charge in [0.15, 0.2) is 0 Å². The van der Waals surface area contributed by atoms with E-state index in [4.69, 9.17) is 9.47 Å². The van der Waals surface area contributed by atoms with Crippen molar-refractivity contribution < 1.29 is 14.6 Å². The summed E-state index contributed by atoms with van der Waals surface area (Å²) in [4.78, 5) is 2.23. The molecule has 1 N–H and O–H groups in total. The molecule has 2 heterocycles. The van der Waals surface area contributed by atoms with E-state index in [2.05, 4.69) is 10.00 Å². The number of ether oxygens (including phenoxy) is 2. The molecule has 0 bridgehead atoms. The molecule has 3 rings (SSSR count). The van der Waals surface area contributed by atoms with E-state index in [0.717, 1.165) is 36.5 Å². The third kappa shape index (κ3) is 5.29. The van der Waals surface area contributed by atoms with Crippen LogP contribution in [0.2, 0.25) is 0 Å². The fourth-order valence-electron chi connectivity index (χ4n) is 3.09. The summed E-state index contributed by atoms with van der Waals surface area (Å²) >= 11 is 0. The number of rotatable bonds is 7. The van der Waals surface area contributed by atoms with Gasteiger partial charge in [0.05, 0.1) is 25.5 Å². The first-order chi connectivity index (χ1) is 12.1. The second-order valence-electron chi connectivity index (χ2n) is 6.72. The van der Waals surface area contributed by atoms with Gasteiger partial charge < -0.3 is 14.6 Å². The van der Waals surface area contributed by atoms with Crippen molar-refractivity contribution in [3.8, 4) is 5.75 Å². The molecule has 1 aromatic heterocycles. The first-order valence-corrected chi connectivity index (χ1v) is 8.79. The number of para-hydroxylation sites is 1. The Labute approximate surface area is 149 Å². The predicted octanol–water partition coefficient (Wildman–Crippen LogP) is 1.64. The van der Waals surface area contributed by atoms with Gasteiger partial charge in [0.25, 0.3) is 0 Å². The Morgan fingerprint density at radius 1 is 1.36 bits per heavy atom. The normalized spacial score (nSPS) is 19.7. The number of aromatic nitrogens is 2. The maximum Gasteiger partial charge on any atom is 0.122 e. The largest absolute Gasteiger partial charge is 0.491 e. The molecular weight excluding hydrogens is 318 g/mol. The van der Waals surface area contributed by atoms with Crippen LogP contribution in [0.1, 0.15) is 11.1 Å². The summed E-state index contributed by atoms with van der Waals surface area (Å²) < 4.78 is 13.5. The summed E-state index contributed by atoms with van der Waals surface area (Å²) in [7, 11) is 0. The highest BCUT2D eigenvalue weighted by molar-refractivity contribution is 5.31. The van der Waals surface area contributed by atoms with Crippen molar-refractivity contribution in [3.63, 3.8) is 0 Å². The van der Waals surface area contributed by atoms with Crippen LogP contribution >= 0.6 is 0 Å². The molecule has 0 radical (unpaired) electrons. The van der Waals surface area contributed by atoms with Gasteiger partial charge in [-0.2, -0.15) is 5.10 Å². The highest BCUT2D eigenvalue weighted by atomic mass is 16.5. The second-order valence-corrected chi connectivity index (χ2v) is 6.72. The van der Waals surface area contributed by atoms with Crippen LogP contribution in [-0.4, -0.2) is 64.8 Å². The minimum atomic E-state index is -0.523. The lowest BCUT2D eigenvalue weighted by molar-refractivity contribution is -0.0517. The Balaban J connectivity index is 1.44. The van der Waals surface area contributed by atoms with E-state index in [1.807, 2.05) is 55.2 Å². The molecule has 25 heavy (non-hydrogen) atoms. The quantitative estimate of drug-likeness (QED) is 0.827. The first-order valence-electron chi connectivity index (χ1n) is 8.79. The summed E-state index contributed by atoms with van der Waals surface area (Å²) in [6.07, 6.45) is 3.45. The van der Waals surface area contributed by atoms with Gasteiger partial charge in [-0.1, -0.05) is 18.2 Å². The lowest BCUT2D eigenvalue weighted by Crippen LogP contribution is -2.47. The van der Waals surface area contributed by atoms with E-state index in [1.54, 1.807) is 0 Å². The van der Waals surface area contributed by atoms with Crippen LogP contribution < -0.4 is 4.74 Å². The molecule has 1 aromatic carbocycles. The average Bonchev–Trinajstić information content (AvgIpc) is 2.99. The van der Waals surface area contributed by atoms with Gasteiger partial charge in [0.2, 0.25) is 0 Å². The Bertz CT molecular complexity index is 673. The molecule has 2 atom stereocenters. The van der Waals surface area contributed by atoms with Crippen molar-refractivity contribution >= 4 is 0 Å². The van der Waals surface area contributed by atoms with E-state index in [0.29, 0.717) is 19.8 Å². The number of nitrogens with zero attached hydrogens (tertiary/aromatic N) is 3. The zero-order valence-corrected chi connectivity index (χ0v) is 15.0. The van der Waals surface area contributed by atoms with E-state index in [9.17, 15) is 5.11 Å². The fourth-order valence-corrected chi connectivity index (χ4v) is 3.09. The Kier molecular flexibility index (Phi) is 6.07. The smallest absolute Gasteiger partial charge is 0.122 e. The van der Waals surface area contributed by atoms with Crippen LogP contribution in [0.25, 0.3) is 0 Å². The van der Waals surface area contributed by atoms with E-state index in [-0.39, 0.29) is 6.10 Å². The summed E-state index contributed by atoms with van der Waals surface area (Å²) in [5, 5.41) is 14.6. The van der Waals surface area contributed by atoms with Gasteiger partial charge in [-0.15, -0.1) is 0 Å². The van der Waals surface area contributed by atoms with Crippen molar-refractivity contribution in [3.05, 3.63) is 47.8 Å². The maximum atomic E-state index is 10.3. The summed E-state index contributed by atoms with van der Waals surface area (Å²) in [5.41, 5.74) is 2.23. The lowest BCUT2D eigenvalue weighted by Gasteiger charge is -2.34. The number of benzene rings is 1. The number of aryl methyl sites for hydroxylation is 2. The topological polar surface area (TPSA) is 59.8 Å². The van der Waals surface area contributed by atoms with Gasteiger partial charge in [-0.3, -0.25) is 9.58 Å². The second kappa shape index (κ2) is 8.47. The third-order valence-corrected chi connectivity index (χ3v) is 4.37. The Hall–Kier alpha value is -1.89. The molecule has 0 amide bonds. The van der Waals surface area contributed by atoms with Gasteiger partial charge in [0, 0.05) is 25.8 Å². The van der Waals surface area contributed by atoms with Gasteiger partial charge >= 0.3 is 0 Å². The van der Waals surface area contributed by atoms with Gasteiger partial charge in [-0.25, -0.2) is 0 Å². The number of aliphatic hydroxyl groups excluding tert-OH is 1. The van der Waals surface area contributed by atoms with Gasteiger partial charge in [0.1, 0.15) is 18.5 Å². The molecule has 136 valence electrons. The average molecular weight is 345 g/mol. The molecule has 6 nitrogen and oxygen atoms in total. The Morgan fingerprint density at radius 3 is 2.96 bits per heavy atom. The minimum Gasteiger partial charge on any atom is -0.491 e. The molecule has 6 heteroatoms. The number of β-amino-alcohol motifs (C(OH)–C–C–N with tert-alkyl or cyclic N) is 1. The Morgan fingerprint density at radius 2 is 2.20 bits per heavy atom. The third-order valence-electron chi connectivity index (χ3n) is 4.37. The van der Waals surface area contributed by atoms with E-state index >= 15 is 0 Å². The predicted molar refractivity (Wildman–Crippen MR) is 95.8 cm³/mol. The number of hydrogen-bond donors (Lipinski definition) is 1. The van der Waals surface area contributed by atoms with Crippen LogP contribution in [-0.2, 0) is 11.3 Å². The fraction of sp³-hybridized carbons (Fsp3) is 0.526. The van der Waals surface area contributed by atoms with Crippen molar-refractivity contribution in [1.82, 2.24) is 14.7 Å². The van der Waals surface area contributed by atoms with E-state index in [1.165, 1.54) is 0 Å². The van der Waals surface area contributed by atoms with Crippen LogP contribution in [0.3, 0.4) is 0 Å². The molecule has 0 spiro atoms. The zero-order chi connectivity index (χ0) is 17.6.